The van der Waals surface area contributed by atoms with Gasteiger partial charge in [-0.3, -0.25) is 0 Å². The minimum absolute atomic E-state index is 0.635. The van der Waals surface area contributed by atoms with Crippen LogP contribution in [0.3, 0.4) is 0 Å². The second-order valence-electron chi connectivity index (χ2n) is 34.4. The van der Waals surface area contributed by atoms with E-state index < -0.39 is 0 Å². The van der Waals surface area contributed by atoms with Crippen molar-refractivity contribution in [2.24, 2.45) is 0 Å². The van der Waals surface area contributed by atoms with E-state index in [4.69, 9.17) is 79.7 Å². The predicted molar refractivity (Wildman–Crippen MR) is 580 cm³/mol. The summed E-state index contributed by atoms with van der Waals surface area (Å²) < 4.78 is 5.77. The molecule has 139 heavy (non-hydrogen) atoms. The molecular weight excluding hydrogens is 1830 g/mol. The lowest BCUT2D eigenvalue weighted by molar-refractivity contribution is 1.07. The van der Waals surface area contributed by atoms with Crippen LogP contribution in [0.4, 0.5) is 0 Å². The fourth-order valence-corrected chi connectivity index (χ4v) is 20.3. The van der Waals surface area contributed by atoms with Crippen LogP contribution in [0.5, 0.6) is 0 Å². The van der Waals surface area contributed by atoms with Crippen LogP contribution in [0.15, 0.2) is 459 Å². The zero-order chi connectivity index (χ0) is 93.0. The van der Waals surface area contributed by atoms with E-state index in [-0.39, 0.29) is 0 Å². The summed E-state index contributed by atoms with van der Waals surface area (Å²) in [5.41, 5.74) is 20.7. The molecule has 0 aliphatic heterocycles. The van der Waals surface area contributed by atoms with Crippen LogP contribution in [0.2, 0.25) is 15.1 Å². The summed E-state index contributed by atoms with van der Waals surface area (Å²) >= 11 is 22.9. The molecule has 0 atom stereocenters. The lowest BCUT2D eigenvalue weighted by Gasteiger charge is -2.15. The molecule has 15 heteroatoms. The summed E-state index contributed by atoms with van der Waals surface area (Å²) in [4.78, 5) is 44.4. The molecule has 0 saturated carbocycles. The molecular formula is C124H77BrCl3N11. The van der Waals surface area contributed by atoms with Crippen molar-refractivity contribution < 1.29 is 0 Å². The highest BCUT2D eigenvalue weighted by Crippen LogP contribution is 2.46. The molecule has 0 radical (unpaired) electrons. The zero-order valence-electron chi connectivity index (χ0n) is 74.4. The zero-order valence-corrected chi connectivity index (χ0v) is 78.3. The molecule has 11 nitrogen and oxygen atoms in total. The Bertz CT molecular complexity index is 8760. The van der Waals surface area contributed by atoms with Gasteiger partial charge >= 0.3 is 0 Å². The Morgan fingerprint density at radius 2 is 0.446 bits per heavy atom. The summed E-state index contributed by atoms with van der Waals surface area (Å²) in [5.74, 6) is 5.84. The standard InChI is InChI=1S/2C41H25ClN4.C25H16BrN3.C17H11Cl/c2*42-30-19-21-37-35(25-30)34-23-28-15-7-8-16-29(28)24-38(34)46(37)36-22-20-33(31-17-9-10-18-32(31)36)41-44-39(26-11-3-1-4-12-26)43-40(45-41)27-13-5-2-6-14-27;26-22-16-15-21(19-13-7-8-14-20(19)22)25-28-23(17-9-3-1-4-10-17)27-24(29-25)18-11-5-2-6-12-18;18-15-6-5-13-8-14-7-11-3-1-2-4-12(11)9-16(14)17(13)10-15/h2*1-25H;1-16H;1-7,9-10H,8H2. The Balaban J connectivity index is 0.000000106. The quantitative estimate of drug-likeness (QED) is 0.124. The number of aromatic nitrogens is 11. The molecule has 5 heterocycles. The lowest BCUT2D eigenvalue weighted by atomic mass is 10.0. The van der Waals surface area contributed by atoms with Crippen molar-refractivity contribution >= 4 is 159 Å². The molecule has 0 fully saturated rings. The Labute approximate surface area is 823 Å². The summed E-state index contributed by atoms with van der Waals surface area (Å²) in [6, 6.07) is 156. The molecule has 5 aromatic heterocycles. The Hall–Kier alpha value is -16.8. The summed E-state index contributed by atoms with van der Waals surface area (Å²) in [6.07, 6.45) is 1.02. The van der Waals surface area contributed by atoms with E-state index in [1.807, 2.05) is 218 Å². The minimum Gasteiger partial charge on any atom is -0.309 e. The maximum atomic E-state index is 6.56. The highest BCUT2D eigenvalue weighted by Gasteiger charge is 2.26. The minimum atomic E-state index is 0.635. The third-order valence-electron chi connectivity index (χ3n) is 25.9. The number of fused-ring (bicyclic) bond motifs is 15. The van der Waals surface area contributed by atoms with Gasteiger partial charge in [-0.15, -0.1) is 0 Å². The molecule has 0 N–H and O–H groups in total. The highest BCUT2D eigenvalue weighted by molar-refractivity contribution is 9.10. The van der Waals surface area contributed by atoms with Crippen LogP contribution in [0, 0.1) is 0 Å². The monoisotopic (exact) mass is 1900 g/mol. The van der Waals surface area contributed by atoms with Crippen LogP contribution < -0.4 is 0 Å². The molecule has 1 aliphatic rings. The van der Waals surface area contributed by atoms with Crippen LogP contribution in [-0.2, 0) is 6.42 Å². The van der Waals surface area contributed by atoms with E-state index in [2.05, 4.69) is 262 Å². The highest BCUT2D eigenvalue weighted by atomic mass is 79.9. The van der Waals surface area contributed by atoms with Gasteiger partial charge in [-0.25, -0.2) is 44.9 Å². The van der Waals surface area contributed by atoms with Gasteiger partial charge < -0.3 is 9.13 Å². The van der Waals surface area contributed by atoms with Gasteiger partial charge in [-0.2, -0.15) is 0 Å². The third kappa shape index (κ3) is 16.5. The first kappa shape index (κ1) is 85.1. The second-order valence-corrected chi connectivity index (χ2v) is 36.5. The molecule has 27 rings (SSSR count). The molecule has 0 saturated heterocycles. The summed E-state index contributed by atoms with van der Waals surface area (Å²) in [6.45, 7) is 0. The van der Waals surface area contributed by atoms with Crippen molar-refractivity contribution in [2.75, 3.05) is 0 Å². The molecule has 0 bridgehead atoms. The Kier molecular flexibility index (Phi) is 22.5. The fourth-order valence-electron chi connectivity index (χ4n) is 19.3. The van der Waals surface area contributed by atoms with Crippen molar-refractivity contribution in [2.45, 2.75) is 6.42 Å². The first-order valence-electron chi connectivity index (χ1n) is 45.9. The Morgan fingerprint density at radius 1 is 0.180 bits per heavy atom. The maximum Gasteiger partial charge on any atom is 0.164 e. The van der Waals surface area contributed by atoms with Crippen LogP contribution in [0.1, 0.15) is 11.1 Å². The van der Waals surface area contributed by atoms with Gasteiger partial charge in [-0.05, 0) is 198 Å². The van der Waals surface area contributed by atoms with Crippen molar-refractivity contribution in [3.8, 4) is 125 Å². The van der Waals surface area contributed by atoms with Crippen LogP contribution in [-0.4, -0.2) is 54.0 Å². The predicted octanol–water partition coefficient (Wildman–Crippen LogP) is 33.7. The van der Waals surface area contributed by atoms with Gasteiger partial charge in [0.2, 0.25) is 0 Å². The lowest BCUT2D eigenvalue weighted by Crippen LogP contribution is -2.01. The summed E-state index contributed by atoms with van der Waals surface area (Å²) in [5, 5.41) is 20.8. The summed E-state index contributed by atoms with van der Waals surface area (Å²) in [7, 11) is 0. The maximum absolute atomic E-state index is 6.56. The fraction of sp³-hybridized carbons (Fsp3) is 0.00806. The molecule has 0 unspecified atom stereocenters. The topological polar surface area (TPSA) is 126 Å². The second kappa shape index (κ2) is 36.8. The van der Waals surface area contributed by atoms with Gasteiger partial charge in [0, 0.05) is 102 Å². The Morgan fingerprint density at radius 3 is 0.813 bits per heavy atom. The normalized spacial score (nSPS) is 11.6. The SMILES string of the molecule is Brc1ccc(-c2nc(-c3ccccc3)nc(-c3ccccc3)n2)c2ccccc12.Clc1ccc2c(c1)-c1cc3ccccc3cc1C2.Clc1ccc2c(c1)c1cc3ccccc3cc1n2-c1ccc(-c2nc(-c3ccccc3)nc(-c3ccccc3)n2)c2ccccc12.Clc1ccc2c(c1)c1cc3ccccc3cc1n2-c1ccc(-c2nc(-c3ccccc3)nc(-c3ccccc3)n2)c2ccccc12. The van der Waals surface area contributed by atoms with Crippen LogP contribution in [0.25, 0.3) is 233 Å². The number of hydrogen-bond donors (Lipinski definition) is 0. The van der Waals surface area contributed by atoms with E-state index in [1.165, 1.54) is 65.3 Å². The van der Waals surface area contributed by atoms with E-state index in [9.17, 15) is 0 Å². The number of hydrogen-bond acceptors (Lipinski definition) is 9. The van der Waals surface area contributed by atoms with E-state index in [1.54, 1.807) is 0 Å². The van der Waals surface area contributed by atoms with Crippen molar-refractivity contribution in [1.82, 2.24) is 54.0 Å². The largest absolute Gasteiger partial charge is 0.309 e. The molecule has 0 amide bonds. The first-order chi connectivity index (χ1) is 68.5. The van der Waals surface area contributed by atoms with Crippen molar-refractivity contribution in [3.63, 3.8) is 0 Å². The first-order valence-corrected chi connectivity index (χ1v) is 47.8. The van der Waals surface area contributed by atoms with Crippen molar-refractivity contribution in [3.05, 3.63) is 486 Å². The number of halogens is 4. The number of nitrogens with zero attached hydrogens (tertiary/aromatic N) is 11. The molecule has 26 aromatic rings. The van der Waals surface area contributed by atoms with Gasteiger partial charge in [0.15, 0.2) is 52.4 Å². The average molecular weight is 1910 g/mol. The number of benzene rings is 21. The molecule has 21 aromatic carbocycles. The van der Waals surface area contributed by atoms with E-state index >= 15 is 0 Å². The van der Waals surface area contributed by atoms with E-state index in [0.29, 0.717) is 52.4 Å². The number of rotatable bonds is 11. The van der Waals surface area contributed by atoms with Gasteiger partial charge in [0.1, 0.15) is 0 Å². The van der Waals surface area contributed by atoms with Gasteiger partial charge in [-0.1, -0.05) is 390 Å². The third-order valence-corrected chi connectivity index (χ3v) is 27.3. The van der Waals surface area contributed by atoms with Gasteiger partial charge in [0.05, 0.1) is 33.4 Å². The van der Waals surface area contributed by atoms with Crippen molar-refractivity contribution in [1.29, 1.82) is 0 Å². The van der Waals surface area contributed by atoms with Crippen LogP contribution >= 0.6 is 50.7 Å². The average Bonchev–Trinajstić information content (AvgIpc) is 1.57. The smallest absolute Gasteiger partial charge is 0.164 e. The van der Waals surface area contributed by atoms with Gasteiger partial charge in [0.25, 0.3) is 0 Å². The molecule has 1 aliphatic carbocycles. The molecule has 656 valence electrons. The molecule has 0 spiro atoms. The van der Waals surface area contributed by atoms with E-state index in [0.717, 1.165) is 153 Å².